The first-order valence-corrected chi connectivity index (χ1v) is 13.1. The number of carbonyl (C=O) groups excluding carboxylic acids is 4. The van der Waals surface area contributed by atoms with Crippen molar-refractivity contribution in [3.63, 3.8) is 0 Å². The van der Waals surface area contributed by atoms with Gasteiger partial charge >= 0.3 is 17.9 Å². The van der Waals surface area contributed by atoms with E-state index in [-0.39, 0.29) is 6.42 Å². The number of benzene rings is 1. The van der Waals surface area contributed by atoms with Crippen LogP contribution in [0, 0.1) is 11.3 Å². The van der Waals surface area contributed by atoms with E-state index in [1.807, 2.05) is 30.3 Å². The Bertz CT molecular complexity index is 1060. The Balaban J connectivity index is 2.46. The van der Waals surface area contributed by atoms with Gasteiger partial charge in [-0.15, -0.1) is 6.58 Å². The van der Waals surface area contributed by atoms with E-state index in [4.69, 9.17) is 18.9 Å². The van der Waals surface area contributed by atoms with Crippen LogP contribution in [0.5, 0.6) is 0 Å². The molecule has 39 heavy (non-hydrogen) atoms. The minimum absolute atomic E-state index is 0.139. The Labute approximate surface area is 231 Å². The lowest BCUT2D eigenvalue weighted by atomic mass is 9.83. The van der Waals surface area contributed by atoms with Gasteiger partial charge < -0.3 is 24.3 Å². The third kappa shape index (κ3) is 8.92. The lowest BCUT2D eigenvalue weighted by Crippen LogP contribution is -2.55. The summed E-state index contributed by atoms with van der Waals surface area (Å²) in [5, 5.41) is 2.71. The van der Waals surface area contributed by atoms with Crippen molar-refractivity contribution in [3.8, 4) is 0 Å². The van der Waals surface area contributed by atoms with Crippen molar-refractivity contribution in [2.75, 3.05) is 0 Å². The highest BCUT2D eigenvalue weighted by Crippen LogP contribution is 2.42. The van der Waals surface area contributed by atoms with E-state index in [0.29, 0.717) is 0 Å². The summed E-state index contributed by atoms with van der Waals surface area (Å²) in [5.41, 5.74) is -3.55. The van der Waals surface area contributed by atoms with Gasteiger partial charge in [-0.05, 0) is 47.1 Å². The number of cyclic esters (lactones) is 1. The van der Waals surface area contributed by atoms with E-state index in [2.05, 4.69) is 11.9 Å². The molecule has 0 saturated carbocycles. The van der Waals surface area contributed by atoms with Crippen LogP contribution in [0.25, 0.3) is 0 Å². The van der Waals surface area contributed by atoms with E-state index < -0.39 is 70.7 Å². The lowest BCUT2D eigenvalue weighted by molar-refractivity contribution is -0.178. The SMILES string of the molecule is C=C[C@H](C(=O)N[C@@H](Cc1ccccc1)C(=O)OC(C)(C)C)[C@]1(CC(=O)OC(C)(C)C)O[C@H](C(C)(C)C)OC1=O. The van der Waals surface area contributed by atoms with Gasteiger partial charge in [0.1, 0.15) is 17.2 Å². The monoisotopic (exact) mass is 545 g/mol. The van der Waals surface area contributed by atoms with E-state index >= 15 is 0 Å². The van der Waals surface area contributed by atoms with Crippen molar-refractivity contribution < 1.29 is 38.1 Å². The molecule has 0 aliphatic carbocycles. The summed E-state index contributed by atoms with van der Waals surface area (Å²) in [6.45, 7) is 19.4. The molecule has 1 aliphatic rings. The van der Waals surface area contributed by atoms with E-state index in [9.17, 15) is 19.2 Å². The maximum Gasteiger partial charge on any atom is 0.342 e. The molecule has 216 valence electrons. The minimum atomic E-state index is -2.04. The standard InChI is InChI=1S/C30H43NO8/c1-11-20(23(33)31-21(24(34)38-29(8,9)10)17-19-15-13-12-14-16-19)30(18-22(32)37-28(5,6)7)25(35)36-26(39-30)27(2,3)4/h11-16,20-21,26H,1,17-18H2,2-10H3,(H,31,33)/t20-,21+,26-,30+/m1/s1. The summed E-state index contributed by atoms with van der Waals surface area (Å²) >= 11 is 0. The van der Waals surface area contributed by atoms with Crippen LogP contribution in [0.3, 0.4) is 0 Å². The average molecular weight is 546 g/mol. The second-order valence-electron chi connectivity index (χ2n) is 12.9. The van der Waals surface area contributed by atoms with E-state index in [1.54, 1.807) is 62.3 Å². The normalized spacial score (nSPS) is 21.4. The van der Waals surface area contributed by atoms with Gasteiger partial charge in [-0.25, -0.2) is 9.59 Å². The van der Waals surface area contributed by atoms with Crippen molar-refractivity contribution in [2.45, 2.75) is 104 Å². The number of hydrogen-bond acceptors (Lipinski definition) is 8. The largest absolute Gasteiger partial charge is 0.460 e. The lowest BCUT2D eigenvalue weighted by Gasteiger charge is -2.33. The van der Waals surface area contributed by atoms with Crippen molar-refractivity contribution in [1.82, 2.24) is 5.32 Å². The van der Waals surface area contributed by atoms with Gasteiger partial charge in [-0.3, -0.25) is 9.59 Å². The summed E-state index contributed by atoms with van der Waals surface area (Å²) in [6.07, 6.45) is -0.259. The highest BCUT2D eigenvalue weighted by Gasteiger charge is 2.61. The average Bonchev–Trinajstić information content (AvgIpc) is 3.08. The van der Waals surface area contributed by atoms with E-state index in [0.717, 1.165) is 5.56 Å². The van der Waals surface area contributed by atoms with Gasteiger partial charge in [0.15, 0.2) is 5.60 Å². The predicted molar refractivity (Wildman–Crippen MR) is 145 cm³/mol. The summed E-state index contributed by atoms with van der Waals surface area (Å²) in [5.74, 6) is -4.41. The van der Waals surface area contributed by atoms with Crippen molar-refractivity contribution >= 4 is 23.8 Å². The predicted octanol–water partition coefficient (Wildman–Crippen LogP) is 4.27. The van der Waals surface area contributed by atoms with Gasteiger partial charge in [0, 0.05) is 11.8 Å². The van der Waals surface area contributed by atoms with Crippen LogP contribution in [0.1, 0.15) is 74.3 Å². The van der Waals surface area contributed by atoms with Gasteiger partial charge in [0.25, 0.3) is 0 Å². The minimum Gasteiger partial charge on any atom is -0.460 e. The number of nitrogens with one attached hydrogen (secondary N) is 1. The molecule has 1 fully saturated rings. The Kier molecular flexibility index (Phi) is 9.77. The zero-order valence-electron chi connectivity index (χ0n) is 24.6. The topological polar surface area (TPSA) is 117 Å². The number of amides is 1. The van der Waals surface area contributed by atoms with Crippen LogP contribution < -0.4 is 5.32 Å². The molecule has 2 rings (SSSR count). The van der Waals surface area contributed by atoms with Crippen LogP contribution in [0.15, 0.2) is 43.0 Å². The molecule has 1 heterocycles. The summed E-state index contributed by atoms with van der Waals surface area (Å²) in [4.78, 5) is 53.2. The number of carbonyl (C=O) groups is 4. The zero-order valence-corrected chi connectivity index (χ0v) is 24.6. The van der Waals surface area contributed by atoms with Gasteiger partial charge in [0.05, 0.1) is 12.3 Å². The Hall–Kier alpha value is -3.20. The third-order valence-corrected chi connectivity index (χ3v) is 5.72. The second kappa shape index (κ2) is 11.9. The maximum atomic E-state index is 13.8. The van der Waals surface area contributed by atoms with Crippen molar-refractivity contribution in [1.29, 1.82) is 0 Å². The highest BCUT2D eigenvalue weighted by atomic mass is 16.8. The molecule has 4 atom stereocenters. The second-order valence-corrected chi connectivity index (χ2v) is 12.9. The quantitative estimate of drug-likeness (QED) is 0.278. The van der Waals surface area contributed by atoms with Crippen molar-refractivity contribution in [3.05, 3.63) is 48.6 Å². The van der Waals surface area contributed by atoms with E-state index in [1.165, 1.54) is 6.08 Å². The van der Waals surface area contributed by atoms with Crippen LogP contribution in [-0.2, 0) is 44.5 Å². The Morgan fingerprint density at radius 2 is 1.56 bits per heavy atom. The van der Waals surface area contributed by atoms with Gasteiger partial charge in [-0.1, -0.05) is 57.2 Å². The third-order valence-electron chi connectivity index (χ3n) is 5.72. The Morgan fingerprint density at radius 3 is 2.03 bits per heavy atom. The molecule has 1 amide bonds. The first-order chi connectivity index (χ1) is 17.8. The molecule has 1 N–H and O–H groups in total. The summed E-state index contributed by atoms with van der Waals surface area (Å²) < 4.78 is 22.7. The molecule has 0 spiro atoms. The van der Waals surface area contributed by atoms with Crippen LogP contribution in [0.4, 0.5) is 0 Å². The molecule has 1 saturated heterocycles. The van der Waals surface area contributed by atoms with Gasteiger partial charge in [0.2, 0.25) is 12.2 Å². The zero-order chi connectivity index (χ0) is 29.8. The number of esters is 3. The fourth-order valence-corrected chi connectivity index (χ4v) is 4.02. The summed E-state index contributed by atoms with van der Waals surface area (Å²) in [6, 6.07) is 8.04. The number of ether oxygens (including phenoxy) is 4. The molecule has 0 aromatic heterocycles. The molecule has 9 heteroatoms. The van der Waals surface area contributed by atoms with Crippen molar-refractivity contribution in [2.24, 2.45) is 11.3 Å². The first-order valence-electron chi connectivity index (χ1n) is 13.1. The molecule has 1 aromatic rings. The molecular weight excluding hydrogens is 502 g/mol. The Morgan fingerprint density at radius 1 is 1.00 bits per heavy atom. The molecule has 0 unspecified atom stereocenters. The number of rotatable bonds is 9. The van der Waals surface area contributed by atoms with Crippen LogP contribution in [0.2, 0.25) is 0 Å². The van der Waals surface area contributed by atoms with Gasteiger partial charge in [-0.2, -0.15) is 0 Å². The fraction of sp³-hybridized carbons (Fsp3) is 0.600. The number of hydrogen-bond donors (Lipinski definition) is 1. The highest BCUT2D eigenvalue weighted by molar-refractivity contribution is 5.96. The molecule has 1 aliphatic heterocycles. The molecule has 9 nitrogen and oxygen atoms in total. The van der Waals surface area contributed by atoms with Crippen LogP contribution >= 0.6 is 0 Å². The molecule has 0 radical (unpaired) electrons. The first kappa shape index (κ1) is 32.0. The maximum absolute atomic E-state index is 13.8. The molecule has 1 aromatic carbocycles. The summed E-state index contributed by atoms with van der Waals surface area (Å²) in [7, 11) is 0. The molecule has 0 bridgehead atoms. The fourth-order valence-electron chi connectivity index (χ4n) is 4.02. The smallest absolute Gasteiger partial charge is 0.342 e. The molecular formula is C30H43NO8. The van der Waals surface area contributed by atoms with Crippen LogP contribution in [-0.4, -0.2) is 53.0 Å².